The van der Waals surface area contributed by atoms with Gasteiger partial charge in [0, 0.05) is 0 Å². The van der Waals surface area contributed by atoms with Crippen LogP contribution in [0.1, 0.15) is 0 Å². The van der Waals surface area contributed by atoms with Crippen molar-refractivity contribution in [3.63, 3.8) is 0 Å². The third kappa shape index (κ3) is 1.53. The van der Waals surface area contributed by atoms with Gasteiger partial charge >= 0.3 is 0 Å². The van der Waals surface area contributed by atoms with Crippen molar-refractivity contribution < 1.29 is 4.31 Å². The standard InChI is InChI=1S/CH3NOP2S/c1-2-4-3-5-6-1/h5H,1H2. The number of nitrogens with zero attached hydrogens (tertiary/aromatic N) is 1. The van der Waals surface area contributed by atoms with E-state index in [1.54, 1.807) is 11.4 Å². The molecule has 5 heteroatoms. The van der Waals surface area contributed by atoms with Gasteiger partial charge in [-0.2, -0.15) is 0 Å². The normalized spacial score (nSPS) is 28.0. The Balaban J connectivity index is 2.26. The van der Waals surface area contributed by atoms with Crippen molar-refractivity contribution in [3.05, 3.63) is 0 Å². The Labute approximate surface area is 43.6 Å². The first kappa shape index (κ1) is 4.99. The molecule has 1 aliphatic heterocycles. The lowest BCUT2D eigenvalue weighted by atomic mass is 11.6. The molecule has 0 N–H and O–H groups in total. The zero-order valence-electron chi connectivity index (χ0n) is 2.92. The summed E-state index contributed by atoms with van der Waals surface area (Å²) >= 11 is 1.73. The molecule has 2 nitrogen and oxygen atoms in total. The van der Waals surface area contributed by atoms with Crippen LogP contribution in [0, 0.1) is 0 Å². The van der Waals surface area contributed by atoms with Crippen molar-refractivity contribution in [3.8, 4) is 0 Å². The highest BCUT2D eigenvalue weighted by Gasteiger charge is 1.89. The van der Waals surface area contributed by atoms with Gasteiger partial charge in [0.2, 0.25) is 0 Å². The summed E-state index contributed by atoms with van der Waals surface area (Å²) in [5.74, 6) is 0.917. The Kier molecular flexibility index (Phi) is 2.43. The summed E-state index contributed by atoms with van der Waals surface area (Å²) in [7, 11) is 1.43. The lowest BCUT2D eigenvalue weighted by molar-refractivity contribution is 0.742. The Morgan fingerprint density at radius 3 is 3.17 bits per heavy atom. The summed E-state index contributed by atoms with van der Waals surface area (Å²) < 4.78 is 8.76. The van der Waals surface area contributed by atoms with Crippen LogP contribution < -0.4 is 0 Å². The average Bonchev–Trinajstić information content (AvgIpc) is 1.72. The summed E-state index contributed by atoms with van der Waals surface area (Å²) in [6.45, 7) is 0. The zero-order chi connectivity index (χ0) is 4.24. The molecule has 0 fully saturated rings. The second-order valence-electron chi connectivity index (χ2n) is 0.671. The van der Waals surface area contributed by atoms with Gasteiger partial charge in [-0.25, -0.2) is 4.74 Å². The number of rotatable bonds is 0. The van der Waals surface area contributed by atoms with Gasteiger partial charge in [0.15, 0.2) is 8.60 Å². The molecular weight excluding hydrogens is 136 g/mol. The summed E-state index contributed by atoms with van der Waals surface area (Å²) in [6.07, 6.45) is 0. The monoisotopic (exact) mass is 139 g/mol. The van der Waals surface area contributed by atoms with E-state index in [1.165, 1.54) is 0 Å². The number of hydrogen-bond acceptors (Lipinski definition) is 3. The minimum atomic E-state index is 0.612. The Bertz CT molecular complexity index is 58.6. The Morgan fingerprint density at radius 1 is 2.00 bits per heavy atom. The first-order valence-electron chi connectivity index (χ1n) is 1.40. The molecule has 1 atom stereocenters. The van der Waals surface area contributed by atoms with Crippen LogP contribution in [0.25, 0.3) is 0 Å². The van der Waals surface area contributed by atoms with Crippen LogP contribution in [0.2, 0.25) is 0 Å². The maximum absolute atomic E-state index is 4.87. The molecule has 0 radical (unpaired) electrons. The predicted octanol–water partition coefficient (Wildman–Crippen LogP) is 2.26. The van der Waals surface area contributed by atoms with Crippen molar-refractivity contribution in [2.75, 3.05) is 5.88 Å². The fourth-order valence-electron chi connectivity index (χ4n) is 0.151. The predicted molar refractivity (Wildman–Crippen MR) is 31.2 cm³/mol. The van der Waals surface area contributed by atoms with Crippen LogP contribution >= 0.6 is 28.0 Å². The van der Waals surface area contributed by atoms with E-state index < -0.39 is 0 Å². The molecule has 0 spiro atoms. The average molecular weight is 139 g/mol. The highest BCUT2D eigenvalue weighted by Crippen LogP contribution is 2.39. The largest absolute Gasteiger partial charge is 0.280 e. The zero-order valence-corrected chi connectivity index (χ0v) is 5.63. The maximum atomic E-state index is 4.87. The third-order valence-corrected chi connectivity index (χ3v) is 3.18. The van der Waals surface area contributed by atoms with Crippen molar-refractivity contribution in [2.24, 2.45) is 4.74 Å². The van der Waals surface area contributed by atoms with Crippen molar-refractivity contribution in [1.29, 1.82) is 0 Å². The molecule has 0 saturated carbocycles. The molecular formula is CH3NOP2S. The Morgan fingerprint density at radius 2 is 3.00 bits per heavy atom. The second kappa shape index (κ2) is 2.92. The maximum Gasteiger partial charge on any atom is 0.177 e. The molecule has 0 bridgehead atoms. The van der Waals surface area contributed by atoms with Crippen LogP contribution in [0.3, 0.4) is 0 Å². The fourth-order valence-corrected chi connectivity index (χ4v) is 2.65. The van der Waals surface area contributed by atoms with Crippen molar-refractivity contribution >= 4 is 28.0 Å². The summed E-state index contributed by atoms with van der Waals surface area (Å²) in [4.78, 5) is 0. The van der Waals surface area contributed by atoms with E-state index >= 15 is 0 Å². The van der Waals surface area contributed by atoms with Crippen molar-refractivity contribution in [2.45, 2.75) is 0 Å². The molecule has 1 unspecified atom stereocenters. The highest BCUT2D eigenvalue weighted by atomic mass is 32.7. The smallest absolute Gasteiger partial charge is 0.177 e. The van der Waals surface area contributed by atoms with Gasteiger partial charge < -0.3 is 0 Å². The molecule has 0 amide bonds. The second-order valence-corrected chi connectivity index (χ2v) is 3.93. The Hall–Kier alpha value is 0.840. The summed E-state index contributed by atoms with van der Waals surface area (Å²) in [5.41, 5.74) is 0. The van der Waals surface area contributed by atoms with Crippen LogP contribution in [0.15, 0.2) is 4.74 Å². The van der Waals surface area contributed by atoms with Crippen molar-refractivity contribution in [1.82, 2.24) is 0 Å². The molecule has 6 heavy (non-hydrogen) atoms. The molecule has 1 rings (SSSR count). The van der Waals surface area contributed by atoms with E-state index in [-0.39, 0.29) is 0 Å². The van der Waals surface area contributed by atoms with Crippen LogP contribution in [0.4, 0.5) is 0 Å². The van der Waals surface area contributed by atoms with E-state index in [0.29, 0.717) is 8.01 Å². The van der Waals surface area contributed by atoms with Gasteiger partial charge in [-0.3, -0.25) is 4.31 Å². The van der Waals surface area contributed by atoms with Gasteiger partial charge in [0.25, 0.3) is 0 Å². The summed E-state index contributed by atoms with van der Waals surface area (Å²) in [6, 6.07) is 0. The molecule has 0 aromatic carbocycles. The SMILES string of the molecule is C1N=POPS1. The quantitative estimate of drug-likeness (QED) is 0.480. The van der Waals surface area contributed by atoms with E-state index in [2.05, 4.69) is 4.74 Å². The third-order valence-electron chi connectivity index (χ3n) is 0.317. The minimum absolute atomic E-state index is 0.612. The minimum Gasteiger partial charge on any atom is -0.280 e. The van der Waals surface area contributed by atoms with Gasteiger partial charge in [-0.1, -0.05) is 11.4 Å². The van der Waals surface area contributed by atoms with Gasteiger partial charge in [-0.15, -0.1) is 0 Å². The molecule has 0 saturated heterocycles. The first-order chi connectivity index (χ1) is 3.00. The lowest BCUT2D eigenvalue weighted by Crippen LogP contribution is -1.62. The molecule has 1 aliphatic rings. The van der Waals surface area contributed by atoms with Crippen LogP contribution in [0.5, 0.6) is 0 Å². The summed E-state index contributed by atoms with van der Waals surface area (Å²) in [5, 5.41) is 0. The molecule has 0 aromatic rings. The van der Waals surface area contributed by atoms with E-state index in [0.717, 1.165) is 14.5 Å². The van der Waals surface area contributed by atoms with E-state index in [1.807, 2.05) is 0 Å². The van der Waals surface area contributed by atoms with Crippen LogP contribution in [-0.4, -0.2) is 5.88 Å². The highest BCUT2D eigenvalue weighted by molar-refractivity contribution is 8.48. The molecule has 34 valence electrons. The first-order valence-corrected chi connectivity index (χ1v) is 4.78. The molecule has 1 heterocycles. The molecule has 0 aliphatic carbocycles. The van der Waals surface area contributed by atoms with E-state index in [9.17, 15) is 0 Å². The number of hydrogen-bond donors (Lipinski definition) is 0. The van der Waals surface area contributed by atoms with E-state index in [4.69, 9.17) is 4.31 Å². The topological polar surface area (TPSA) is 21.6 Å². The lowest BCUT2D eigenvalue weighted by Gasteiger charge is -1.96. The van der Waals surface area contributed by atoms with Crippen LogP contribution in [-0.2, 0) is 4.31 Å². The fraction of sp³-hybridized carbons (Fsp3) is 1.00. The van der Waals surface area contributed by atoms with Gasteiger partial charge in [0.05, 0.1) is 13.9 Å². The molecule has 0 aromatic heterocycles. The van der Waals surface area contributed by atoms with Gasteiger partial charge in [-0.05, 0) is 0 Å². The van der Waals surface area contributed by atoms with Gasteiger partial charge in [0.1, 0.15) is 0 Å².